The summed E-state index contributed by atoms with van der Waals surface area (Å²) in [7, 11) is -3.95. The minimum Gasteiger partial charge on any atom is -0.797 e. The fraction of sp³-hybridized carbons (Fsp3) is 0.250. The van der Waals surface area contributed by atoms with Gasteiger partial charge in [-0.1, -0.05) is 11.6 Å². The van der Waals surface area contributed by atoms with Crippen molar-refractivity contribution in [3.63, 3.8) is 0 Å². The maximum atomic E-state index is 12.7. The maximum Gasteiger partial charge on any atom is 0.416 e. The van der Waals surface area contributed by atoms with Crippen LogP contribution in [0.25, 0.3) is 0 Å². The summed E-state index contributed by atoms with van der Waals surface area (Å²) in [4.78, 5) is 21.9. The SMILES string of the molecule is CC(Oc1cc(Oc2ccc(C(F)(F)F)cc2Cl)ccc1[N+](=O)[O-])P(C)(=O)[O-]. The Morgan fingerprint density at radius 1 is 1.18 bits per heavy atom. The molecule has 0 spiro atoms. The van der Waals surface area contributed by atoms with Crippen LogP contribution in [-0.2, 0) is 10.7 Å². The van der Waals surface area contributed by atoms with Crippen molar-refractivity contribution >= 4 is 24.7 Å². The number of ether oxygens (including phenoxy) is 2. The lowest BCUT2D eigenvalue weighted by Crippen LogP contribution is -2.19. The summed E-state index contributed by atoms with van der Waals surface area (Å²) < 4.78 is 60.1. The highest BCUT2D eigenvalue weighted by Crippen LogP contribution is 2.42. The maximum absolute atomic E-state index is 12.7. The Kier molecular flexibility index (Phi) is 6.27. The molecule has 0 aliphatic heterocycles. The first-order valence-electron chi connectivity index (χ1n) is 7.57. The predicted molar refractivity (Wildman–Crippen MR) is 93.2 cm³/mol. The molecule has 0 aromatic heterocycles. The van der Waals surface area contributed by atoms with Gasteiger partial charge in [0.25, 0.3) is 0 Å². The van der Waals surface area contributed by atoms with Gasteiger partial charge in [-0.3, -0.25) is 10.1 Å². The molecule has 0 radical (unpaired) electrons. The van der Waals surface area contributed by atoms with Crippen LogP contribution in [0.5, 0.6) is 17.2 Å². The molecule has 152 valence electrons. The summed E-state index contributed by atoms with van der Waals surface area (Å²) in [6.45, 7) is 2.13. The van der Waals surface area contributed by atoms with Gasteiger partial charge in [0, 0.05) is 12.1 Å². The first-order valence-corrected chi connectivity index (χ1v) is 10.1. The van der Waals surface area contributed by atoms with Crippen LogP contribution in [0.2, 0.25) is 5.02 Å². The van der Waals surface area contributed by atoms with E-state index >= 15 is 0 Å². The molecule has 12 heteroatoms. The van der Waals surface area contributed by atoms with Gasteiger partial charge in [-0.15, -0.1) is 0 Å². The first-order chi connectivity index (χ1) is 12.8. The number of rotatable bonds is 6. The van der Waals surface area contributed by atoms with Crippen LogP contribution in [0.1, 0.15) is 12.5 Å². The monoisotopic (exact) mass is 438 g/mol. The van der Waals surface area contributed by atoms with Crippen molar-refractivity contribution in [1.29, 1.82) is 0 Å². The van der Waals surface area contributed by atoms with E-state index in [9.17, 15) is 32.7 Å². The van der Waals surface area contributed by atoms with Gasteiger partial charge < -0.3 is 18.9 Å². The van der Waals surface area contributed by atoms with Crippen molar-refractivity contribution in [1.82, 2.24) is 0 Å². The van der Waals surface area contributed by atoms with Gasteiger partial charge in [0.2, 0.25) is 5.75 Å². The lowest BCUT2D eigenvalue weighted by atomic mass is 10.2. The summed E-state index contributed by atoms with van der Waals surface area (Å²) >= 11 is 5.81. The molecule has 2 unspecified atom stereocenters. The predicted octanol–water partition coefficient (Wildman–Crippen LogP) is 5.05. The molecular weight excluding hydrogens is 426 g/mol. The Hall–Kier alpha value is -2.29. The van der Waals surface area contributed by atoms with E-state index in [4.69, 9.17) is 21.1 Å². The van der Waals surface area contributed by atoms with E-state index in [0.717, 1.165) is 30.9 Å². The zero-order chi connectivity index (χ0) is 21.3. The summed E-state index contributed by atoms with van der Waals surface area (Å²) in [6, 6.07) is 5.67. The molecule has 0 amide bonds. The topological polar surface area (TPSA) is 102 Å². The average molecular weight is 439 g/mol. The Morgan fingerprint density at radius 3 is 2.32 bits per heavy atom. The van der Waals surface area contributed by atoms with Gasteiger partial charge in [0.05, 0.1) is 22.9 Å². The second-order valence-electron chi connectivity index (χ2n) is 5.76. The summed E-state index contributed by atoms with van der Waals surface area (Å²) in [5.74, 6) is -1.91. The van der Waals surface area contributed by atoms with Crippen LogP contribution in [0.15, 0.2) is 36.4 Å². The highest BCUT2D eigenvalue weighted by atomic mass is 35.5. The smallest absolute Gasteiger partial charge is 0.416 e. The number of nitro benzene ring substituents is 1. The molecule has 0 saturated carbocycles. The largest absolute Gasteiger partial charge is 0.797 e. The number of hydrogen-bond donors (Lipinski definition) is 0. The van der Waals surface area contributed by atoms with E-state index in [1.54, 1.807) is 0 Å². The number of halogens is 4. The first kappa shape index (κ1) is 22.0. The summed E-state index contributed by atoms with van der Waals surface area (Å²) in [5, 5.41) is 10.8. The second kappa shape index (κ2) is 7.98. The molecule has 7 nitrogen and oxygen atoms in total. The third-order valence-corrected chi connectivity index (χ3v) is 5.29. The van der Waals surface area contributed by atoms with Crippen molar-refractivity contribution < 1.29 is 37.0 Å². The van der Waals surface area contributed by atoms with Crippen molar-refractivity contribution in [2.75, 3.05) is 6.66 Å². The van der Waals surface area contributed by atoms with Crippen LogP contribution < -0.4 is 14.4 Å². The third kappa shape index (κ3) is 5.37. The molecule has 0 aliphatic rings. The van der Waals surface area contributed by atoms with Crippen LogP contribution in [0.3, 0.4) is 0 Å². The molecule has 2 atom stereocenters. The van der Waals surface area contributed by atoms with Crippen LogP contribution in [0.4, 0.5) is 18.9 Å². The lowest BCUT2D eigenvalue weighted by Gasteiger charge is -2.26. The van der Waals surface area contributed by atoms with Crippen LogP contribution in [-0.4, -0.2) is 17.4 Å². The number of benzene rings is 2. The van der Waals surface area contributed by atoms with Gasteiger partial charge in [-0.05, 0) is 37.9 Å². The van der Waals surface area contributed by atoms with Crippen molar-refractivity contribution in [3.05, 3.63) is 57.1 Å². The molecule has 0 fully saturated rings. The van der Waals surface area contributed by atoms with E-state index in [1.165, 1.54) is 13.0 Å². The molecule has 0 aliphatic carbocycles. The van der Waals surface area contributed by atoms with E-state index in [0.29, 0.717) is 6.07 Å². The van der Waals surface area contributed by atoms with Gasteiger partial charge >= 0.3 is 11.9 Å². The minimum atomic E-state index is -4.58. The Bertz CT molecular complexity index is 946. The van der Waals surface area contributed by atoms with Crippen LogP contribution in [0, 0.1) is 10.1 Å². The third-order valence-electron chi connectivity index (χ3n) is 3.57. The quantitative estimate of drug-likeness (QED) is 0.355. The minimum absolute atomic E-state index is 0.0497. The second-order valence-corrected chi connectivity index (χ2v) is 8.71. The van der Waals surface area contributed by atoms with Gasteiger partial charge in [-0.25, -0.2) is 0 Å². The van der Waals surface area contributed by atoms with Gasteiger partial charge in [0.1, 0.15) is 17.3 Å². The number of nitro groups is 1. The standard InChI is InChI=1S/C16H14ClF3NO6P/c1-9(28(2,24)25)26-15-8-11(4-5-13(15)21(22)23)27-14-6-3-10(7-12(14)17)16(18,19)20/h3-9H,1-2H3,(H,24,25)/p-1. The van der Waals surface area contributed by atoms with E-state index in [1.807, 2.05) is 0 Å². The van der Waals surface area contributed by atoms with E-state index < -0.39 is 35.6 Å². The molecule has 2 aromatic carbocycles. The van der Waals surface area contributed by atoms with Crippen LogP contribution >= 0.6 is 19.0 Å². The summed E-state index contributed by atoms with van der Waals surface area (Å²) in [5.41, 5.74) is -1.48. The molecular formula is C16H13ClF3NO6P-. The molecule has 0 bridgehead atoms. The lowest BCUT2D eigenvalue weighted by molar-refractivity contribution is -0.386. The van der Waals surface area contributed by atoms with Gasteiger partial charge in [0.15, 0.2) is 0 Å². The number of nitrogens with zero attached hydrogens (tertiary/aromatic N) is 1. The fourth-order valence-corrected chi connectivity index (χ4v) is 2.49. The Balaban J connectivity index is 2.36. The highest BCUT2D eigenvalue weighted by Gasteiger charge is 2.31. The Labute approximate surface area is 162 Å². The number of hydrogen-bond acceptors (Lipinski definition) is 6. The summed E-state index contributed by atoms with van der Waals surface area (Å²) in [6.07, 6.45) is -4.58. The Morgan fingerprint density at radius 2 is 1.82 bits per heavy atom. The van der Waals surface area contributed by atoms with E-state index in [2.05, 4.69) is 0 Å². The van der Waals surface area contributed by atoms with Crippen molar-refractivity contribution in [2.24, 2.45) is 0 Å². The van der Waals surface area contributed by atoms with Gasteiger partial charge in [-0.2, -0.15) is 13.2 Å². The van der Waals surface area contributed by atoms with Crippen molar-refractivity contribution in [3.8, 4) is 17.2 Å². The molecule has 0 N–H and O–H groups in total. The molecule has 28 heavy (non-hydrogen) atoms. The van der Waals surface area contributed by atoms with E-state index in [-0.39, 0.29) is 22.3 Å². The normalized spacial score (nSPS) is 14.8. The average Bonchev–Trinajstić information content (AvgIpc) is 2.54. The zero-order valence-electron chi connectivity index (χ0n) is 14.4. The zero-order valence-corrected chi connectivity index (χ0v) is 16.0. The molecule has 2 aromatic rings. The fourth-order valence-electron chi connectivity index (χ4n) is 1.97. The molecule has 0 heterocycles. The molecule has 2 rings (SSSR count). The highest BCUT2D eigenvalue weighted by molar-refractivity contribution is 7.56. The molecule has 0 saturated heterocycles. The van der Waals surface area contributed by atoms with Crippen molar-refractivity contribution in [2.45, 2.75) is 18.9 Å². The number of alkyl halides is 3.